The Hall–Kier alpha value is -0.830. The normalized spacial score (nSPS) is 21.4. The van der Waals surface area contributed by atoms with E-state index in [1.165, 1.54) is 32.1 Å². The molecule has 3 nitrogen and oxygen atoms in total. The number of nitrogens with zero attached hydrogens (tertiary/aromatic N) is 2. The lowest BCUT2D eigenvalue weighted by molar-refractivity contribution is 0.200. The second kappa shape index (κ2) is 5.21. The van der Waals surface area contributed by atoms with Crippen molar-refractivity contribution in [3.63, 3.8) is 0 Å². The van der Waals surface area contributed by atoms with Crippen molar-refractivity contribution >= 4 is 0 Å². The van der Waals surface area contributed by atoms with Crippen molar-refractivity contribution in [3.8, 4) is 0 Å². The van der Waals surface area contributed by atoms with Crippen LogP contribution in [0.2, 0.25) is 0 Å². The lowest BCUT2D eigenvalue weighted by Gasteiger charge is -2.34. The Labute approximate surface area is 105 Å². The summed E-state index contributed by atoms with van der Waals surface area (Å²) in [5.74, 6) is 1.13. The van der Waals surface area contributed by atoms with Crippen LogP contribution in [0, 0.1) is 5.41 Å². The van der Waals surface area contributed by atoms with Crippen LogP contribution in [-0.4, -0.2) is 16.1 Å². The molecule has 0 radical (unpaired) electrons. The Kier molecular flexibility index (Phi) is 3.87. The van der Waals surface area contributed by atoms with E-state index in [1.54, 1.807) is 0 Å². The maximum absolute atomic E-state index is 4.40. The number of rotatable bonds is 4. The predicted octanol–water partition coefficient (Wildman–Crippen LogP) is 3.04. The zero-order chi connectivity index (χ0) is 12.3. The molecule has 2 rings (SSSR count). The lowest BCUT2D eigenvalue weighted by Crippen LogP contribution is -2.35. The van der Waals surface area contributed by atoms with E-state index in [2.05, 4.69) is 35.8 Å². The van der Waals surface area contributed by atoms with Crippen LogP contribution in [0.1, 0.15) is 57.8 Å². The molecule has 0 spiro atoms. The van der Waals surface area contributed by atoms with E-state index in [0.29, 0.717) is 11.5 Å². The zero-order valence-electron chi connectivity index (χ0n) is 11.4. The topological polar surface area (TPSA) is 29.9 Å². The Balaban J connectivity index is 1.87. The Morgan fingerprint density at radius 2 is 2.12 bits per heavy atom. The smallest absolute Gasteiger partial charge is 0.125 e. The van der Waals surface area contributed by atoms with Crippen molar-refractivity contribution in [2.24, 2.45) is 12.5 Å². The largest absolute Gasteiger partial charge is 0.337 e. The van der Waals surface area contributed by atoms with Gasteiger partial charge in [0.2, 0.25) is 0 Å². The molecule has 0 aliphatic heterocycles. The maximum Gasteiger partial charge on any atom is 0.125 e. The SMILES string of the molecule is CC(NCC1(C)CCCCC1)c1nccn1C. The Morgan fingerprint density at radius 1 is 1.41 bits per heavy atom. The quantitative estimate of drug-likeness (QED) is 0.869. The van der Waals surface area contributed by atoms with E-state index in [0.717, 1.165) is 12.4 Å². The fourth-order valence-electron chi connectivity index (χ4n) is 2.87. The molecule has 96 valence electrons. The van der Waals surface area contributed by atoms with Gasteiger partial charge in [-0.05, 0) is 25.2 Å². The average Bonchev–Trinajstić information content (AvgIpc) is 2.74. The van der Waals surface area contributed by atoms with Gasteiger partial charge in [0.25, 0.3) is 0 Å². The summed E-state index contributed by atoms with van der Waals surface area (Å²) in [6.07, 6.45) is 10.8. The van der Waals surface area contributed by atoms with Crippen LogP contribution in [0.15, 0.2) is 12.4 Å². The number of hydrogen-bond acceptors (Lipinski definition) is 2. The second-order valence-corrected chi connectivity index (χ2v) is 5.87. The van der Waals surface area contributed by atoms with Gasteiger partial charge in [-0.3, -0.25) is 0 Å². The molecule has 1 saturated carbocycles. The van der Waals surface area contributed by atoms with Gasteiger partial charge in [0.15, 0.2) is 0 Å². The lowest BCUT2D eigenvalue weighted by atomic mass is 9.75. The molecular weight excluding hydrogens is 210 g/mol. The molecule has 1 fully saturated rings. The molecule has 1 heterocycles. The van der Waals surface area contributed by atoms with Crippen LogP contribution in [0.3, 0.4) is 0 Å². The van der Waals surface area contributed by atoms with Crippen LogP contribution >= 0.6 is 0 Å². The summed E-state index contributed by atoms with van der Waals surface area (Å²) in [7, 11) is 2.06. The minimum Gasteiger partial charge on any atom is -0.337 e. The summed E-state index contributed by atoms with van der Waals surface area (Å²) < 4.78 is 2.10. The highest BCUT2D eigenvalue weighted by Gasteiger charge is 2.27. The first-order valence-electron chi connectivity index (χ1n) is 6.81. The standard InChI is InChI=1S/C14H25N3/c1-12(13-15-9-10-17(13)3)16-11-14(2)7-5-4-6-8-14/h9-10,12,16H,4-8,11H2,1-3H3. The van der Waals surface area contributed by atoms with Gasteiger partial charge in [-0.25, -0.2) is 4.98 Å². The van der Waals surface area contributed by atoms with Crippen molar-refractivity contribution < 1.29 is 0 Å². The van der Waals surface area contributed by atoms with Crippen LogP contribution in [-0.2, 0) is 7.05 Å². The molecule has 3 heteroatoms. The van der Waals surface area contributed by atoms with Gasteiger partial charge < -0.3 is 9.88 Å². The number of nitrogens with one attached hydrogen (secondary N) is 1. The highest BCUT2D eigenvalue weighted by atomic mass is 15.1. The summed E-state index contributed by atoms with van der Waals surface area (Å²) in [5.41, 5.74) is 0.498. The molecule has 1 N–H and O–H groups in total. The monoisotopic (exact) mass is 235 g/mol. The first-order chi connectivity index (χ1) is 8.11. The fraction of sp³-hybridized carbons (Fsp3) is 0.786. The fourth-order valence-corrected chi connectivity index (χ4v) is 2.87. The third kappa shape index (κ3) is 3.09. The molecule has 1 unspecified atom stereocenters. The number of aryl methyl sites for hydroxylation is 1. The number of hydrogen-bond donors (Lipinski definition) is 1. The molecular formula is C14H25N3. The van der Waals surface area contributed by atoms with E-state index in [4.69, 9.17) is 0 Å². The van der Waals surface area contributed by atoms with Crippen LogP contribution in [0.4, 0.5) is 0 Å². The van der Waals surface area contributed by atoms with Crippen molar-refractivity contribution in [2.75, 3.05) is 6.54 Å². The van der Waals surface area contributed by atoms with Gasteiger partial charge in [0.1, 0.15) is 5.82 Å². The molecule has 17 heavy (non-hydrogen) atoms. The van der Waals surface area contributed by atoms with E-state index in [9.17, 15) is 0 Å². The highest BCUT2D eigenvalue weighted by Crippen LogP contribution is 2.35. The molecule has 1 aliphatic rings. The van der Waals surface area contributed by atoms with E-state index < -0.39 is 0 Å². The van der Waals surface area contributed by atoms with Gasteiger partial charge >= 0.3 is 0 Å². The first-order valence-corrected chi connectivity index (χ1v) is 6.81. The third-order valence-corrected chi connectivity index (χ3v) is 4.14. The predicted molar refractivity (Wildman–Crippen MR) is 70.8 cm³/mol. The van der Waals surface area contributed by atoms with E-state index >= 15 is 0 Å². The molecule has 1 aromatic heterocycles. The van der Waals surface area contributed by atoms with Crippen molar-refractivity contribution in [3.05, 3.63) is 18.2 Å². The third-order valence-electron chi connectivity index (χ3n) is 4.14. The second-order valence-electron chi connectivity index (χ2n) is 5.87. The Morgan fingerprint density at radius 3 is 2.71 bits per heavy atom. The van der Waals surface area contributed by atoms with Crippen LogP contribution < -0.4 is 5.32 Å². The maximum atomic E-state index is 4.40. The minimum atomic E-state index is 0.341. The highest BCUT2D eigenvalue weighted by molar-refractivity contribution is 4.97. The number of imidazole rings is 1. The van der Waals surface area contributed by atoms with Gasteiger partial charge in [-0.2, -0.15) is 0 Å². The van der Waals surface area contributed by atoms with Crippen molar-refractivity contribution in [1.29, 1.82) is 0 Å². The zero-order valence-corrected chi connectivity index (χ0v) is 11.4. The van der Waals surface area contributed by atoms with Gasteiger partial charge in [-0.1, -0.05) is 26.2 Å². The average molecular weight is 235 g/mol. The summed E-state index contributed by atoms with van der Waals surface area (Å²) in [6, 6.07) is 0.341. The van der Waals surface area contributed by atoms with Gasteiger partial charge in [0, 0.05) is 26.0 Å². The molecule has 1 aromatic rings. The number of aromatic nitrogens is 2. The first kappa shape index (κ1) is 12.6. The minimum absolute atomic E-state index is 0.341. The molecule has 1 atom stereocenters. The Bertz CT molecular complexity index is 350. The van der Waals surface area contributed by atoms with E-state index in [1.807, 2.05) is 12.4 Å². The van der Waals surface area contributed by atoms with Crippen molar-refractivity contribution in [2.45, 2.75) is 52.0 Å². The van der Waals surface area contributed by atoms with Crippen LogP contribution in [0.25, 0.3) is 0 Å². The summed E-state index contributed by atoms with van der Waals surface area (Å²) in [5, 5.41) is 3.65. The molecule has 1 aliphatic carbocycles. The van der Waals surface area contributed by atoms with Crippen LogP contribution in [0.5, 0.6) is 0 Å². The summed E-state index contributed by atoms with van der Waals surface area (Å²) in [6.45, 7) is 5.74. The molecule has 0 aromatic carbocycles. The van der Waals surface area contributed by atoms with Gasteiger partial charge in [0.05, 0.1) is 6.04 Å². The molecule has 0 bridgehead atoms. The summed E-state index contributed by atoms with van der Waals surface area (Å²) in [4.78, 5) is 4.40. The van der Waals surface area contributed by atoms with Crippen molar-refractivity contribution in [1.82, 2.24) is 14.9 Å². The van der Waals surface area contributed by atoms with E-state index in [-0.39, 0.29) is 0 Å². The molecule has 0 saturated heterocycles. The molecule has 0 amide bonds. The summed E-state index contributed by atoms with van der Waals surface area (Å²) >= 11 is 0. The van der Waals surface area contributed by atoms with Gasteiger partial charge in [-0.15, -0.1) is 0 Å².